The first kappa shape index (κ1) is 21.4. The molecule has 1 atom stereocenters. The number of nitrogen functional groups attached to an aromatic ring is 1. The molecule has 0 saturated carbocycles. The number of nitrogens with zero attached hydrogens (tertiary/aromatic N) is 1. The highest BCUT2D eigenvalue weighted by molar-refractivity contribution is 6.35. The number of furan rings is 1. The van der Waals surface area contributed by atoms with E-state index in [1.54, 1.807) is 6.07 Å². The van der Waals surface area contributed by atoms with Crippen LogP contribution in [0.1, 0.15) is 36.5 Å². The predicted molar refractivity (Wildman–Crippen MR) is 114 cm³/mol. The second-order valence-electron chi connectivity index (χ2n) is 8.54. The Labute approximate surface area is 180 Å². The van der Waals surface area contributed by atoms with Gasteiger partial charge in [-0.25, -0.2) is 0 Å². The Bertz CT molecular complexity index is 917. The van der Waals surface area contributed by atoms with Crippen molar-refractivity contribution >= 4 is 34.2 Å². The van der Waals surface area contributed by atoms with Crippen LogP contribution in [-0.2, 0) is 9.47 Å². The highest BCUT2D eigenvalue weighted by Gasteiger charge is 2.37. The lowest BCUT2D eigenvalue weighted by molar-refractivity contribution is -0.195. The Morgan fingerprint density at radius 3 is 2.83 bits per heavy atom. The van der Waals surface area contributed by atoms with Crippen molar-refractivity contribution in [1.82, 2.24) is 10.2 Å². The highest BCUT2D eigenvalue weighted by atomic mass is 35.5. The second kappa shape index (κ2) is 8.36. The third kappa shape index (κ3) is 4.43. The van der Waals surface area contributed by atoms with Gasteiger partial charge in [0.15, 0.2) is 0 Å². The molecule has 1 amide bonds. The number of aliphatic hydroxyl groups is 1. The first-order valence-corrected chi connectivity index (χ1v) is 10.6. The van der Waals surface area contributed by atoms with Gasteiger partial charge in [0.25, 0.3) is 5.91 Å². The summed E-state index contributed by atoms with van der Waals surface area (Å²) in [6.45, 7) is 5.58. The van der Waals surface area contributed by atoms with Crippen LogP contribution in [0, 0.1) is 0 Å². The smallest absolute Gasteiger partial charge is 0.255 e. The third-order valence-corrected chi connectivity index (χ3v) is 6.47. The molecule has 0 aliphatic carbocycles. The summed E-state index contributed by atoms with van der Waals surface area (Å²) in [6.07, 6.45) is 3.46. The zero-order valence-corrected chi connectivity index (χ0v) is 17.8. The summed E-state index contributed by atoms with van der Waals surface area (Å²) in [4.78, 5) is 15.1. The summed E-state index contributed by atoms with van der Waals surface area (Å²) in [5.41, 5.74) is 5.85. The van der Waals surface area contributed by atoms with Crippen molar-refractivity contribution < 1.29 is 23.8 Å². The molecule has 1 aromatic carbocycles. The zero-order valence-electron chi connectivity index (χ0n) is 17.1. The van der Waals surface area contributed by atoms with E-state index in [0.29, 0.717) is 53.5 Å². The summed E-state index contributed by atoms with van der Waals surface area (Å²) in [5.74, 6) is -0.351. The maximum atomic E-state index is 12.8. The van der Waals surface area contributed by atoms with Crippen molar-refractivity contribution in [1.29, 1.82) is 0 Å². The van der Waals surface area contributed by atoms with E-state index < -0.39 is 5.60 Å². The summed E-state index contributed by atoms with van der Waals surface area (Å²) < 4.78 is 16.5. The molecule has 1 unspecified atom stereocenters. The standard InChI is InChI=1S/C21H28ClN3O5/c1-20(5-9-28-13-30-20)12-25-6-3-21(27,4-7-25)11-24-19(26)15-10-16(22)17(23)14-2-8-29-18(14)15/h2,8,10,27H,3-7,9,11-13,23H2,1H3,(H,24,26). The number of nitrogens with two attached hydrogens (primary N) is 1. The lowest BCUT2D eigenvalue weighted by Gasteiger charge is -2.43. The van der Waals surface area contributed by atoms with Crippen LogP contribution < -0.4 is 11.1 Å². The molecule has 2 fully saturated rings. The Morgan fingerprint density at radius 1 is 1.37 bits per heavy atom. The molecule has 164 valence electrons. The topological polar surface area (TPSA) is 110 Å². The first-order valence-electron chi connectivity index (χ1n) is 10.2. The van der Waals surface area contributed by atoms with Gasteiger partial charge in [0, 0.05) is 38.0 Å². The van der Waals surface area contributed by atoms with Gasteiger partial charge in [-0.2, -0.15) is 0 Å². The van der Waals surface area contributed by atoms with Crippen LogP contribution in [0.2, 0.25) is 5.02 Å². The third-order valence-electron chi connectivity index (χ3n) is 6.16. The molecule has 4 rings (SSSR count). The fraction of sp³-hybridized carbons (Fsp3) is 0.571. The van der Waals surface area contributed by atoms with Gasteiger partial charge in [0.05, 0.1) is 40.3 Å². The number of hydrogen-bond acceptors (Lipinski definition) is 7. The predicted octanol–water partition coefficient (Wildman–Crippen LogP) is 2.38. The van der Waals surface area contributed by atoms with Crippen molar-refractivity contribution in [3.8, 4) is 0 Å². The summed E-state index contributed by atoms with van der Waals surface area (Å²) in [5, 5.41) is 14.7. The number of anilines is 1. The van der Waals surface area contributed by atoms with Gasteiger partial charge in [-0.3, -0.25) is 4.79 Å². The molecular weight excluding hydrogens is 410 g/mol. The van der Waals surface area contributed by atoms with Gasteiger partial charge in [-0.1, -0.05) is 11.6 Å². The van der Waals surface area contributed by atoms with Crippen LogP contribution in [0.15, 0.2) is 22.8 Å². The Hall–Kier alpha value is -1.84. The molecular formula is C21H28ClN3O5. The van der Waals surface area contributed by atoms with E-state index in [9.17, 15) is 9.90 Å². The van der Waals surface area contributed by atoms with Crippen molar-refractivity contribution in [2.75, 3.05) is 45.3 Å². The molecule has 2 aliphatic rings. The van der Waals surface area contributed by atoms with Gasteiger partial charge in [-0.15, -0.1) is 0 Å². The fourth-order valence-electron chi connectivity index (χ4n) is 4.14. The van der Waals surface area contributed by atoms with E-state index in [2.05, 4.69) is 17.1 Å². The van der Waals surface area contributed by atoms with Gasteiger partial charge < -0.3 is 34.9 Å². The van der Waals surface area contributed by atoms with E-state index in [1.807, 2.05) is 0 Å². The molecule has 0 bridgehead atoms. The number of rotatable bonds is 5. The molecule has 0 radical (unpaired) electrons. The minimum Gasteiger partial charge on any atom is -0.463 e. The Morgan fingerprint density at radius 2 is 2.13 bits per heavy atom. The average Bonchev–Trinajstić information content (AvgIpc) is 3.21. The number of benzene rings is 1. The molecule has 9 heteroatoms. The number of amides is 1. The monoisotopic (exact) mass is 437 g/mol. The van der Waals surface area contributed by atoms with E-state index in [0.717, 1.165) is 26.1 Å². The first-order chi connectivity index (χ1) is 14.3. The summed E-state index contributed by atoms with van der Waals surface area (Å²) in [7, 11) is 0. The van der Waals surface area contributed by atoms with E-state index in [4.69, 9.17) is 31.2 Å². The number of carbonyl (C=O) groups excluding carboxylic acids is 1. The van der Waals surface area contributed by atoms with Crippen LogP contribution in [0.3, 0.4) is 0 Å². The molecule has 0 spiro atoms. The van der Waals surface area contributed by atoms with Crippen molar-refractivity contribution in [2.45, 2.75) is 37.4 Å². The van der Waals surface area contributed by atoms with Crippen molar-refractivity contribution in [2.24, 2.45) is 0 Å². The van der Waals surface area contributed by atoms with E-state index >= 15 is 0 Å². The zero-order chi connectivity index (χ0) is 21.4. The number of likely N-dealkylation sites (tertiary alicyclic amines) is 1. The van der Waals surface area contributed by atoms with Crippen LogP contribution in [0.4, 0.5) is 5.69 Å². The van der Waals surface area contributed by atoms with E-state index in [1.165, 1.54) is 12.3 Å². The number of fused-ring (bicyclic) bond motifs is 1. The highest BCUT2D eigenvalue weighted by Crippen LogP contribution is 2.33. The van der Waals surface area contributed by atoms with Gasteiger partial charge in [-0.05, 0) is 31.9 Å². The number of ether oxygens (including phenoxy) is 2. The molecule has 8 nitrogen and oxygen atoms in total. The number of hydrogen-bond donors (Lipinski definition) is 3. The molecule has 1 aromatic heterocycles. The maximum absolute atomic E-state index is 12.8. The molecule has 3 heterocycles. The molecule has 4 N–H and O–H groups in total. The molecule has 2 aromatic rings. The lowest BCUT2D eigenvalue weighted by atomic mass is 9.90. The molecule has 2 aliphatic heterocycles. The number of halogens is 1. The molecule has 2 saturated heterocycles. The van der Waals surface area contributed by atoms with Crippen LogP contribution >= 0.6 is 11.6 Å². The minimum atomic E-state index is -0.955. The van der Waals surface area contributed by atoms with Crippen molar-refractivity contribution in [3.05, 3.63) is 29.0 Å². The summed E-state index contributed by atoms with van der Waals surface area (Å²) >= 11 is 6.16. The van der Waals surface area contributed by atoms with E-state index in [-0.39, 0.29) is 18.1 Å². The van der Waals surface area contributed by atoms with Crippen LogP contribution in [0.25, 0.3) is 11.0 Å². The average molecular weight is 438 g/mol. The second-order valence-corrected chi connectivity index (χ2v) is 8.94. The minimum absolute atomic E-state index is 0.158. The SMILES string of the molecule is CC1(CN2CCC(O)(CNC(=O)c3cc(Cl)c(N)c4ccoc34)CC2)CCOCO1. The Kier molecular flexibility index (Phi) is 5.96. The van der Waals surface area contributed by atoms with Crippen LogP contribution in [-0.4, -0.2) is 66.7 Å². The molecule has 30 heavy (non-hydrogen) atoms. The largest absolute Gasteiger partial charge is 0.463 e. The Balaban J connectivity index is 1.34. The fourth-order valence-corrected chi connectivity index (χ4v) is 4.35. The number of carbonyl (C=O) groups is 1. The van der Waals surface area contributed by atoms with Gasteiger partial charge in [0.2, 0.25) is 0 Å². The van der Waals surface area contributed by atoms with Gasteiger partial charge in [0.1, 0.15) is 12.4 Å². The number of nitrogens with one attached hydrogen (secondary N) is 1. The van der Waals surface area contributed by atoms with Crippen LogP contribution in [0.5, 0.6) is 0 Å². The lowest BCUT2D eigenvalue weighted by Crippen LogP contribution is -2.54. The maximum Gasteiger partial charge on any atom is 0.255 e. The number of piperidine rings is 1. The quantitative estimate of drug-likeness (QED) is 0.616. The normalized spacial score (nSPS) is 24.8. The van der Waals surface area contributed by atoms with Crippen molar-refractivity contribution in [3.63, 3.8) is 0 Å². The van der Waals surface area contributed by atoms with Gasteiger partial charge >= 0.3 is 0 Å². The summed E-state index contributed by atoms with van der Waals surface area (Å²) in [6, 6.07) is 3.18.